The van der Waals surface area contributed by atoms with Crippen LogP contribution in [0.25, 0.3) is 0 Å². The largest absolute Gasteiger partial charge is 0.469 e. The van der Waals surface area contributed by atoms with Crippen LogP contribution >= 0.6 is 0 Å². The predicted molar refractivity (Wildman–Crippen MR) is 40.6 cm³/mol. The third-order valence-electron chi connectivity index (χ3n) is 1.49. The SMILES string of the molecule is N#C[C@H](CN)Cc1ccco1. The van der Waals surface area contributed by atoms with Crippen molar-refractivity contribution in [3.63, 3.8) is 0 Å². The fraction of sp³-hybridized carbons (Fsp3) is 0.375. The summed E-state index contributed by atoms with van der Waals surface area (Å²) in [6.07, 6.45) is 2.21. The van der Waals surface area contributed by atoms with Gasteiger partial charge in [-0.25, -0.2) is 0 Å². The van der Waals surface area contributed by atoms with E-state index in [1.807, 2.05) is 6.07 Å². The van der Waals surface area contributed by atoms with Gasteiger partial charge in [0.2, 0.25) is 0 Å². The van der Waals surface area contributed by atoms with Gasteiger partial charge in [0, 0.05) is 13.0 Å². The molecule has 1 heterocycles. The first-order valence-corrected chi connectivity index (χ1v) is 3.49. The first-order valence-electron chi connectivity index (χ1n) is 3.49. The topological polar surface area (TPSA) is 63.0 Å². The second-order valence-corrected chi connectivity index (χ2v) is 2.35. The van der Waals surface area contributed by atoms with Gasteiger partial charge in [-0.15, -0.1) is 0 Å². The summed E-state index contributed by atoms with van der Waals surface area (Å²) < 4.78 is 5.06. The highest BCUT2D eigenvalue weighted by atomic mass is 16.3. The summed E-state index contributed by atoms with van der Waals surface area (Å²) in [7, 11) is 0. The Morgan fingerprint density at radius 1 is 1.73 bits per heavy atom. The van der Waals surface area contributed by atoms with Crippen molar-refractivity contribution >= 4 is 0 Å². The minimum Gasteiger partial charge on any atom is -0.469 e. The van der Waals surface area contributed by atoms with E-state index in [0.717, 1.165) is 5.76 Å². The van der Waals surface area contributed by atoms with Crippen LogP contribution in [-0.2, 0) is 6.42 Å². The fourth-order valence-electron chi connectivity index (χ4n) is 0.853. The van der Waals surface area contributed by atoms with Crippen LogP contribution in [0, 0.1) is 17.2 Å². The van der Waals surface area contributed by atoms with Gasteiger partial charge >= 0.3 is 0 Å². The Labute approximate surface area is 65.4 Å². The van der Waals surface area contributed by atoms with Crippen molar-refractivity contribution in [2.75, 3.05) is 6.54 Å². The molecule has 2 N–H and O–H groups in total. The van der Waals surface area contributed by atoms with Gasteiger partial charge in [0.05, 0.1) is 18.3 Å². The molecule has 0 radical (unpaired) electrons. The van der Waals surface area contributed by atoms with E-state index in [1.54, 1.807) is 12.3 Å². The average molecular weight is 150 g/mol. The van der Waals surface area contributed by atoms with Gasteiger partial charge in [0.1, 0.15) is 5.76 Å². The summed E-state index contributed by atoms with van der Waals surface area (Å²) in [5.74, 6) is 0.697. The second-order valence-electron chi connectivity index (χ2n) is 2.35. The maximum absolute atomic E-state index is 8.55. The Bertz CT molecular complexity index is 235. The summed E-state index contributed by atoms with van der Waals surface area (Å²) >= 11 is 0. The number of nitrogens with zero attached hydrogens (tertiary/aromatic N) is 1. The van der Waals surface area contributed by atoms with Crippen LogP contribution in [0.4, 0.5) is 0 Å². The summed E-state index contributed by atoms with van der Waals surface area (Å²) in [4.78, 5) is 0. The van der Waals surface area contributed by atoms with Crippen LogP contribution in [0.2, 0.25) is 0 Å². The standard InChI is InChI=1S/C8H10N2O/c9-5-7(6-10)4-8-2-1-3-11-8/h1-3,7H,4-5,9H2/t7-/m0/s1. The van der Waals surface area contributed by atoms with Crippen LogP contribution < -0.4 is 5.73 Å². The van der Waals surface area contributed by atoms with Crippen LogP contribution in [0.3, 0.4) is 0 Å². The molecule has 0 fully saturated rings. The van der Waals surface area contributed by atoms with Crippen molar-refractivity contribution in [2.24, 2.45) is 11.7 Å². The number of nitriles is 1. The van der Waals surface area contributed by atoms with Gasteiger partial charge in [-0.1, -0.05) is 0 Å². The van der Waals surface area contributed by atoms with Crippen molar-refractivity contribution in [3.05, 3.63) is 24.2 Å². The molecule has 58 valence electrons. The zero-order valence-corrected chi connectivity index (χ0v) is 6.16. The van der Waals surface area contributed by atoms with Crippen LogP contribution in [0.1, 0.15) is 5.76 Å². The molecule has 0 aliphatic heterocycles. The molecular formula is C8H10N2O. The maximum Gasteiger partial charge on any atom is 0.105 e. The van der Waals surface area contributed by atoms with Gasteiger partial charge in [-0.2, -0.15) is 5.26 Å². The third-order valence-corrected chi connectivity index (χ3v) is 1.49. The molecule has 0 amide bonds. The van der Waals surface area contributed by atoms with Crippen LogP contribution in [-0.4, -0.2) is 6.54 Å². The minimum atomic E-state index is -0.124. The fourth-order valence-corrected chi connectivity index (χ4v) is 0.853. The molecule has 0 aliphatic rings. The van der Waals surface area contributed by atoms with Gasteiger partial charge in [-0.3, -0.25) is 0 Å². The van der Waals surface area contributed by atoms with Crippen molar-refractivity contribution in [1.82, 2.24) is 0 Å². The molecule has 3 nitrogen and oxygen atoms in total. The Kier molecular flexibility index (Phi) is 2.70. The van der Waals surface area contributed by atoms with E-state index >= 15 is 0 Å². The molecule has 1 rings (SSSR count). The number of hydrogen-bond donors (Lipinski definition) is 1. The van der Waals surface area contributed by atoms with E-state index in [2.05, 4.69) is 6.07 Å². The quantitative estimate of drug-likeness (QED) is 0.696. The van der Waals surface area contributed by atoms with Gasteiger partial charge < -0.3 is 10.2 Å². The number of rotatable bonds is 3. The van der Waals surface area contributed by atoms with Gasteiger partial charge in [-0.05, 0) is 12.1 Å². The highest BCUT2D eigenvalue weighted by Gasteiger charge is 2.06. The number of hydrogen-bond acceptors (Lipinski definition) is 3. The monoisotopic (exact) mass is 150 g/mol. The van der Waals surface area contributed by atoms with Crippen LogP contribution in [0.15, 0.2) is 22.8 Å². The average Bonchev–Trinajstić information content (AvgIpc) is 2.52. The molecule has 3 heteroatoms. The molecule has 0 saturated carbocycles. The molecule has 0 unspecified atom stereocenters. The molecule has 1 aromatic rings. The zero-order valence-electron chi connectivity index (χ0n) is 6.16. The molecule has 1 aromatic heterocycles. The van der Waals surface area contributed by atoms with Crippen molar-refractivity contribution < 1.29 is 4.42 Å². The van der Waals surface area contributed by atoms with Crippen molar-refractivity contribution in [2.45, 2.75) is 6.42 Å². The zero-order chi connectivity index (χ0) is 8.10. The second kappa shape index (κ2) is 3.79. The molecule has 0 bridgehead atoms. The Morgan fingerprint density at radius 2 is 2.55 bits per heavy atom. The van der Waals surface area contributed by atoms with Crippen molar-refractivity contribution in [3.8, 4) is 6.07 Å². The van der Waals surface area contributed by atoms with E-state index in [9.17, 15) is 0 Å². The molecule has 0 aliphatic carbocycles. The predicted octanol–water partition coefficient (Wildman–Crippen LogP) is 0.921. The van der Waals surface area contributed by atoms with E-state index < -0.39 is 0 Å². The lowest BCUT2D eigenvalue weighted by molar-refractivity contribution is 0.481. The maximum atomic E-state index is 8.55. The van der Waals surface area contributed by atoms with Crippen molar-refractivity contribution in [1.29, 1.82) is 5.26 Å². The summed E-state index contributed by atoms with van der Waals surface area (Å²) in [6, 6.07) is 5.76. The van der Waals surface area contributed by atoms with E-state index in [-0.39, 0.29) is 5.92 Å². The van der Waals surface area contributed by atoms with Gasteiger partial charge in [0.25, 0.3) is 0 Å². The van der Waals surface area contributed by atoms with Gasteiger partial charge in [0.15, 0.2) is 0 Å². The van der Waals surface area contributed by atoms with Crippen LogP contribution in [0.5, 0.6) is 0 Å². The molecule has 0 saturated heterocycles. The first kappa shape index (κ1) is 7.83. The highest BCUT2D eigenvalue weighted by molar-refractivity contribution is 5.02. The van der Waals surface area contributed by atoms with E-state index in [1.165, 1.54) is 0 Å². The summed E-state index contributed by atoms with van der Waals surface area (Å²) in [5.41, 5.74) is 5.34. The lowest BCUT2D eigenvalue weighted by Gasteiger charge is -2.00. The minimum absolute atomic E-state index is 0.124. The number of nitrogens with two attached hydrogens (primary N) is 1. The smallest absolute Gasteiger partial charge is 0.105 e. The normalized spacial score (nSPS) is 12.4. The lowest BCUT2D eigenvalue weighted by atomic mass is 10.1. The highest BCUT2D eigenvalue weighted by Crippen LogP contribution is 2.07. The Balaban J connectivity index is 2.49. The molecule has 11 heavy (non-hydrogen) atoms. The Hall–Kier alpha value is -1.27. The molecular weight excluding hydrogens is 140 g/mol. The Morgan fingerprint density at radius 3 is 3.00 bits per heavy atom. The summed E-state index contributed by atoms with van der Waals surface area (Å²) in [5, 5.41) is 8.55. The third kappa shape index (κ3) is 2.10. The van der Waals surface area contributed by atoms with E-state index in [4.69, 9.17) is 15.4 Å². The molecule has 0 spiro atoms. The lowest BCUT2D eigenvalue weighted by Crippen LogP contribution is -2.14. The molecule has 0 aromatic carbocycles. The number of furan rings is 1. The summed E-state index contributed by atoms with van der Waals surface area (Å²) in [6.45, 7) is 0.386. The molecule has 1 atom stereocenters. The first-order chi connectivity index (χ1) is 5.36. The van der Waals surface area contributed by atoms with E-state index in [0.29, 0.717) is 13.0 Å².